The number of ether oxygens (including phenoxy) is 1. The van der Waals surface area contributed by atoms with Crippen LogP contribution in [0.4, 0.5) is 3.89 Å². The molecule has 1 rings (SSSR count). The van der Waals surface area contributed by atoms with Crippen LogP contribution in [0.5, 0.6) is 0 Å². The van der Waals surface area contributed by atoms with Crippen molar-refractivity contribution < 1.29 is 17.0 Å². The summed E-state index contributed by atoms with van der Waals surface area (Å²) in [6.07, 6.45) is 2.22. The summed E-state index contributed by atoms with van der Waals surface area (Å²) in [4.78, 5) is 0. The van der Waals surface area contributed by atoms with Crippen molar-refractivity contribution in [2.45, 2.75) is 44.0 Å². The highest BCUT2D eigenvalue weighted by molar-refractivity contribution is 7.87. The van der Waals surface area contributed by atoms with E-state index in [0.717, 1.165) is 0 Å². The molecule has 0 unspecified atom stereocenters. The van der Waals surface area contributed by atoms with Gasteiger partial charge in [0.05, 0.1) is 11.4 Å². The normalized spacial score (nSPS) is 30.3. The topological polar surface area (TPSA) is 43.4 Å². The van der Waals surface area contributed by atoms with Crippen LogP contribution in [-0.2, 0) is 15.0 Å². The minimum Gasteiger partial charge on any atom is -0.379 e. The van der Waals surface area contributed by atoms with Crippen molar-refractivity contribution in [1.82, 2.24) is 0 Å². The largest absolute Gasteiger partial charge is 0.379 e. The molecule has 0 spiro atoms. The van der Waals surface area contributed by atoms with Gasteiger partial charge in [-0.05, 0) is 32.6 Å². The summed E-state index contributed by atoms with van der Waals surface area (Å²) < 4.78 is 38.9. The molecule has 1 aliphatic rings. The van der Waals surface area contributed by atoms with Gasteiger partial charge in [-0.3, -0.25) is 0 Å². The summed E-state index contributed by atoms with van der Waals surface area (Å²) >= 11 is 0. The van der Waals surface area contributed by atoms with E-state index in [1.165, 1.54) is 0 Å². The molecule has 0 aromatic carbocycles. The van der Waals surface area contributed by atoms with E-state index in [0.29, 0.717) is 32.3 Å². The second-order valence-electron chi connectivity index (χ2n) is 3.33. The summed E-state index contributed by atoms with van der Waals surface area (Å²) in [6.45, 7) is 2.54. The van der Waals surface area contributed by atoms with Gasteiger partial charge in [0.25, 0.3) is 0 Å². The Labute approximate surface area is 78.5 Å². The Hall–Kier alpha value is -0.160. The molecule has 0 saturated heterocycles. The van der Waals surface area contributed by atoms with Crippen LogP contribution in [0.25, 0.3) is 0 Å². The molecule has 0 amide bonds. The Morgan fingerprint density at radius 2 is 1.85 bits per heavy atom. The summed E-state index contributed by atoms with van der Waals surface area (Å²) in [5, 5.41) is -0.788. The van der Waals surface area contributed by atoms with Gasteiger partial charge in [0, 0.05) is 6.61 Å². The molecule has 0 bridgehead atoms. The Balaban J connectivity index is 2.39. The highest BCUT2D eigenvalue weighted by atomic mass is 32.3. The third kappa shape index (κ3) is 3.23. The lowest BCUT2D eigenvalue weighted by molar-refractivity contribution is 0.0373. The second kappa shape index (κ2) is 4.37. The van der Waals surface area contributed by atoms with Gasteiger partial charge >= 0.3 is 10.2 Å². The van der Waals surface area contributed by atoms with Crippen molar-refractivity contribution in [2.75, 3.05) is 6.61 Å². The fourth-order valence-corrected chi connectivity index (χ4v) is 2.55. The van der Waals surface area contributed by atoms with E-state index >= 15 is 0 Å². The van der Waals surface area contributed by atoms with Crippen molar-refractivity contribution in [3.8, 4) is 0 Å². The average Bonchev–Trinajstić information content (AvgIpc) is 2.04. The van der Waals surface area contributed by atoms with E-state index in [2.05, 4.69) is 0 Å². The molecule has 3 nitrogen and oxygen atoms in total. The molecule has 0 atom stereocenters. The molecule has 1 saturated carbocycles. The van der Waals surface area contributed by atoms with Gasteiger partial charge in [-0.1, -0.05) is 0 Å². The summed E-state index contributed by atoms with van der Waals surface area (Å²) in [7, 11) is -4.32. The van der Waals surface area contributed by atoms with E-state index in [4.69, 9.17) is 4.74 Å². The maximum absolute atomic E-state index is 12.5. The van der Waals surface area contributed by atoms with Crippen LogP contribution in [0.2, 0.25) is 0 Å². The number of hydrogen-bond acceptors (Lipinski definition) is 3. The predicted octanol–water partition coefficient (Wildman–Crippen LogP) is 1.63. The molecule has 0 N–H and O–H groups in total. The number of hydrogen-bond donors (Lipinski definition) is 0. The Kier molecular flexibility index (Phi) is 3.67. The third-order valence-corrected chi connectivity index (χ3v) is 3.69. The van der Waals surface area contributed by atoms with Crippen molar-refractivity contribution in [3.05, 3.63) is 0 Å². The first-order valence-electron chi connectivity index (χ1n) is 4.59. The quantitative estimate of drug-likeness (QED) is 0.665. The molecule has 0 aromatic rings. The van der Waals surface area contributed by atoms with Crippen LogP contribution in [0.1, 0.15) is 32.6 Å². The Morgan fingerprint density at radius 3 is 2.23 bits per heavy atom. The second-order valence-corrected chi connectivity index (χ2v) is 4.95. The zero-order chi connectivity index (χ0) is 9.90. The molecular weight excluding hydrogens is 195 g/mol. The minimum atomic E-state index is -4.32. The van der Waals surface area contributed by atoms with E-state index in [9.17, 15) is 12.3 Å². The molecule has 0 aromatic heterocycles. The summed E-state index contributed by atoms with van der Waals surface area (Å²) in [5.41, 5.74) is 0. The first-order valence-corrected chi connectivity index (χ1v) is 6.03. The molecule has 0 heterocycles. The van der Waals surface area contributed by atoms with Gasteiger partial charge in [-0.15, -0.1) is 3.89 Å². The van der Waals surface area contributed by atoms with Crippen LogP contribution in [-0.4, -0.2) is 26.4 Å². The summed E-state index contributed by atoms with van der Waals surface area (Å²) in [6, 6.07) is 0. The molecule has 1 aliphatic carbocycles. The molecule has 1 fully saturated rings. The number of rotatable bonds is 3. The molecule has 13 heavy (non-hydrogen) atoms. The lowest BCUT2D eigenvalue weighted by Crippen LogP contribution is -2.28. The van der Waals surface area contributed by atoms with Crippen LogP contribution in [0.15, 0.2) is 0 Å². The van der Waals surface area contributed by atoms with E-state index in [1.807, 2.05) is 6.92 Å². The fourth-order valence-electron chi connectivity index (χ4n) is 1.72. The van der Waals surface area contributed by atoms with Gasteiger partial charge in [0.1, 0.15) is 0 Å². The number of halogens is 1. The first-order chi connectivity index (χ1) is 6.04. The fraction of sp³-hybridized carbons (Fsp3) is 1.00. The highest BCUT2D eigenvalue weighted by Gasteiger charge is 2.30. The van der Waals surface area contributed by atoms with Crippen LogP contribution in [0, 0.1) is 0 Å². The Morgan fingerprint density at radius 1 is 1.31 bits per heavy atom. The van der Waals surface area contributed by atoms with Crippen molar-refractivity contribution in [2.24, 2.45) is 0 Å². The highest BCUT2D eigenvalue weighted by Crippen LogP contribution is 2.26. The first kappa shape index (κ1) is 10.9. The standard InChI is InChI=1S/C8H15FO3S/c1-2-12-7-3-5-8(6-4-7)13(9,10)11/h7-8H,2-6H2,1H3. The van der Waals surface area contributed by atoms with Gasteiger partial charge in [-0.2, -0.15) is 8.42 Å². The summed E-state index contributed by atoms with van der Waals surface area (Å²) in [5.74, 6) is 0. The van der Waals surface area contributed by atoms with E-state index < -0.39 is 15.5 Å². The smallest absolute Gasteiger partial charge is 0.305 e. The van der Waals surface area contributed by atoms with Crippen molar-refractivity contribution >= 4 is 10.2 Å². The van der Waals surface area contributed by atoms with Gasteiger partial charge in [-0.25, -0.2) is 0 Å². The SMILES string of the molecule is CCOC1CCC(S(=O)(=O)F)CC1. The average molecular weight is 210 g/mol. The van der Waals surface area contributed by atoms with Crippen LogP contribution >= 0.6 is 0 Å². The van der Waals surface area contributed by atoms with Gasteiger partial charge < -0.3 is 4.74 Å². The molecule has 78 valence electrons. The third-order valence-electron chi connectivity index (χ3n) is 2.42. The molecule has 0 radical (unpaired) electrons. The van der Waals surface area contributed by atoms with Crippen molar-refractivity contribution in [1.29, 1.82) is 0 Å². The predicted molar refractivity (Wildman–Crippen MR) is 47.7 cm³/mol. The van der Waals surface area contributed by atoms with E-state index in [1.54, 1.807) is 0 Å². The lowest BCUT2D eigenvalue weighted by atomic mass is 9.97. The molecular formula is C8H15FO3S. The zero-order valence-electron chi connectivity index (χ0n) is 7.70. The van der Waals surface area contributed by atoms with Crippen LogP contribution in [0.3, 0.4) is 0 Å². The minimum absolute atomic E-state index is 0.128. The lowest BCUT2D eigenvalue weighted by Gasteiger charge is -2.25. The Bertz CT molecular complexity index is 242. The maximum atomic E-state index is 12.5. The van der Waals surface area contributed by atoms with Gasteiger partial charge in [0.15, 0.2) is 0 Å². The maximum Gasteiger partial charge on any atom is 0.305 e. The van der Waals surface area contributed by atoms with Crippen LogP contribution < -0.4 is 0 Å². The monoisotopic (exact) mass is 210 g/mol. The molecule has 0 aliphatic heterocycles. The molecule has 5 heteroatoms. The van der Waals surface area contributed by atoms with Gasteiger partial charge in [0.2, 0.25) is 0 Å². The van der Waals surface area contributed by atoms with E-state index in [-0.39, 0.29) is 6.10 Å². The van der Waals surface area contributed by atoms with Crippen molar-refractivity contribution in [3.63, 3.8) is 0 Å². The zero-order valence-corrected chi connectivity index (χ0v) is 8.52.